The molecule has 0 radical (unpaired) electrons. The number of pyridine rings is 1. The maximum atomic E-state index is 12.4. The lowest BCUT2D eigenvalue weighted by Gasteiger charge is -2.29. The van der Waals surface area contributed by atoms with Gasteiger partial charge in [-0.1, -0.05) is 17.7 Å². The van der Waals surface area contributed by atoms with E-state index < -0.39 is 0 Å². The second-order valence-electron chi connectivity index (χ2n) is 5.84. The van der Waals surface area contributed by atoms with Crippen molar-refractivity contribution in [1.29, 1.82) is 0 Å². The summed E-state index contributed by atoms with van der Waals surface area (Å²) in [6.45, 7) is 2.54. The van der Waals surface area contributed by atoms with Gasteiger partial charge in [0, 0.05) is 40.0 Å². The summed E-state index contributed by atoms with van der Waals surface area (Å²) in [6, 6.07) is 9.24. The van der Waals surface area contributed by atoms with Gasteiger partial charge < -0.3 is 10.2 Å². The van der Waals surface area contributed by atoms with Crippen LogP contribution in [0.1, 0.15) is 35.2 Å². The van der Waals surface area contributed by atoms with Crippen LogP contribution in [0, 0.1) is 3.57 Å². The Morgan fingerprint density at radius 2 is 2.04 bits per heavy atom. The van der Waals surface area contributed by atoms with Gasteiger partial charge in [0.2, 0.25) is 0 Å². The van der Waals surface area contributed by atoms with Crippen molar-refractivity contribution in [2.75, 3.05) is 18.0 Å². The maximum absolute atomic E-state index is 12.4. The van der Waals surface area contributed by atoms with Crippen LogP contribution in [0.3, 0.4) is 0 Å². The number of nitrogens with zero attached hydrogens (tertiary/aromatic N) is 2. The number of nitrogens with one attached hydrogen (secondary N) is 1. The monoisotopic (exact) mass is 455 g/mol. The molecule has 1 saturated heterocycles. The molecule has 0 saturated carbocycles. The van der Waals surface area contributed by atoms with Gasteiger partial charge in [-0.2, -0.15) is 0 Å². The second-order valence-corrected chi connectivity index (χ2v) is 7.44. The summed E-state index contributed by atoms with van der Waals surface area (Å²) in [6.07, 6.45) is 5.50. The molecule has 0 atom stereocenters. The number of halogens is 2. The predicted molar refractivity (Wildman–Crippen MR) is 106 cm³/mol. The lowest BCUT2D eigenvalue weighted by Crippen LogP contribution is -2.32. The van der Waals surface area contributed by atoms with Crippen LogP contribution in [0.2, 0.25) is 5.02 Å². The number of carbonyl (C=O) groups excluding carboxylic acids is 1. The fourth-order valence-corrected chi connectivity index (χ4v) is 4.02. The van der Waals surface area contributed by atoms with Crippen molar-refractivity contribution in [3.8, 4) is 0 Å². The number of hydrogen-bond acceptors (Lipinski definition) is 3. The van der Waals surface area contributed by atoms with Crippen molar-refractivity contribution in [3.63, 3.8) is 0 Å². The number of piperidine rings is 1. The smallest absolute Gasteiger partial charge is 0.252 e. The summed E-state index contributed by atoms with van der Waals surface area (Å²) in [5.41, 5.74) is 1.69. The van der Waals surface area contributed by atoms with Crippen LogP contribution >= 0.6 is 34.2 Å². The van der Waals surface area contributed by atoms with Crippen LogP contribution in [-0.4, -0.2) is 24.0 Å². The Kier molecular flexibility index (Phi) is 5.94. The zero-order chi connectivity index (χ0) is 16.9. The Balaban J connectivity index is 1.71. The van der Waals surface area contributed by atoms with E-state index in [0.29, 0.717) is 17.1 Å². The third-order valence-electron chi connectivity index (χ3n) is 4.14. The minimum absolute atomic E-state index is 0.0930. The zero-order valence-corrected chi connectivity index (χ0v) is 16.2. The summed E-state index contributed by atoms with van der Waals surface area (Å²) < 4.78 is 0.847. The fourth-order valence-electron chi connectivity index (χ4n) is 2.90. The van der Waals surface area contributed by atoms with Crippen LogP contribution in [0.4, 0.5) is 5.82 Å². The van der Waals surface area contributed by atoms with Gasteiger partial charge in [0.25, 0.3) is 5.91 Å². The van der Waals surface area contributed by atoms with E-state index in [4.69, 9.17) is 11.6 Å². The first-order chi connectivity index (χ1) is 11.6. The quantitative estimate of drug-likeness (QED) is 0.701. The van der Waals surface area contributed by atoms with E-state index in [0.717, 1.165) is 28.0 Å². The van der Waals surface area contributed by atoms with Gasteiger partial charge in [-0.15, -0.1) is 0 Å². The normalized spacial score (nSPS) is 14.5. The average molecular weight is 456 g/mol. The van der Waals surface area contributed by atoms with Crippen LogP contribution in [-0.2, 0) is 6.54 Å². The Bertz CT molecular complexity index is 732. The SMILES string of the molecule is O=C(NCc1cccnc1N1CCCCC1)c1ccc(Cl)cc1I. The maximum Gasteiger partial charge on any atom is 0.252 e. The molecule has 0 aliphatic carbocycles. The van der Waals surface area contributed by atoms with Crippen molar-refractivity contribution in [1.82, 2.24) is 10.3 Å². The van der Waals surface area contributed by atoms with Gasteiger partial charge in [0.1, 0.15) is 5.82 Å². The van der Waals surface area contributed by atoms with Gasteiger partial charge in [-0.25, -0.2) is 4.98 Å². The predicted octanol–water partition coefficient (Wildman–Crippen LogP) is 4.26. The van der Waals surface area contributed by atoms with Crippen molar-refractivity contribution in [2.24, 2.45) is 0 Å². The van der Waals surface area contributed by atoms with E-state index in [2.05, 4.69) is 37.8 Å². The first kappa shape index (κ1) is 17.5. The van der Waals surface area contributed by atoms with Crippen molar-refractivity contribution < 1.29 is 4.79 Å². The Morgan fingerprint density at radius 3 is 2.79 bits per heavy atom. The lowest BCUT2D eigenvalue weighted by molar-refractivity contribution is 0.0950. The molecule has 4 nitrogen and oxygen atoms in total. The number of benzene rings is 1. The molecule has 1 aliphatic rings. The lowest BCUT2D eigenvalue weighted by atomic mass is 10.1. The van der Waals surface area contributed by atoms with E-state index in [9.17, 15) is 4.79 Å². The molecule has 126 valence electrons. The van der Waals surface area contributed by atoms with E-state index in [1.54, 1.807) is 18.2 Å². The number of amides is 1. The van der Waals surface area contributed by atoms with Crippen LogP contribution in [0.15, 0.2) is 36.5 Å². The number of rotatable bonds is 4. The largest absolute Gasteiger partial charge is 0.356 e. The van der Waals surface area contributed by atoms with Gasteiger partial charge >= 0.3 is 0 Å². The molecule has 24 heavy (non-hydrogen) atoms. The number of carbonyl (C=O) groups is 1. The molecule has 1 amide bonds. The minimum Gasteiger partial charge on any atom is -0.356 e. The molecule has 1 fully saturated rings. The third-order valence-corrected chi connectivity index (χ3v) is 5.27. The molecule has 1 aromatic carbocycles. The molecule has 3 rings (SSSR count). The van der Waals surface area contributed by atoms with Gasteiger partial charge in [0.05, 0.1) is 5.56 Å². The highest BCUT2D eigenvalue weighted by molar-refractivity contribution is 14.1. The molecule has 1 aromatic heterocycles. The first-order valence-electron chi connectivity index (χ1n) is 8.07. The molecular formula is C18H19ClIN3O. The van der Waals surface area contributed by atoms with E-state index in [1.807, 2.05) is 18.3 Å². The summed E-state index contributed by atoms with van der Waals surface area (Å²) in [5, 5.41) is 3.64. The summed E-state index contributed by atoms with van der Waals surface area (Å²) in [5.74, 6) is 0.896. The molecule has 2 heterocycles. The molecule has 6 heteroatoms. The van der Waals surface area contributed by atoms with Crippen LogP contribution in [0.5, 0.6) is 0 Å². The minimum atomic E-state index is -0.0930. The van der Waals surface area contributed by atoms with Crippen molar-refractivity contribution in [2.45, 2.75) is 25.8 Å². The summed E-state index contributed by atoms with van der Waals surface area (Å²) >= 11 is 8.08. The van der Waals surface area contributed by atoms with E-state index in [1.165, 1.54) is 19.3 Å². The Morgan fingerprint density at radius 1 is 1.25 bits per heavy atom. The zero-order valence-electron chi connectivity index (χ0n) is 13.3. The standard InChI is InChI=1S/C18H19ClIN3O/c19-14-6-7-15(16(20)11-14)18(24)22-12-13-5-4-8-21-17(13)23-9-2-1-3-10-23/h4-8,11H,1-3,9-10,12H2,(H,22,24). The average Bonchev–Trinajstić information content (AvgIpc) is 2.61. The van der Waals surface area contributed by atoms with Crippen LogP contribution in [0.25, 0.3) is 0 Å². The second kappa shape index (κ2) is 8.16. The van der Waals surface area contributed by atoms with Gasteiger partial charge in [0.15, 0.2) is 0 Å². The molecule has 2 aromatic rings. The molecule has 1 N–H and O–H groups in total. The van der Waals surface area contributed by atoms with Gasteiger partial charge in [-0.05, 0) is 66.1 Å². The Labute approximate surface area is 160 Å². The molecule has 1 aliphatic heterocycles. The topological polar surface area (TPSA) is 45.2 Å². The molecule has 0 unspecified atom stereocenters. The van der Waals surface area contributed by atoms with Crippen molar-refractivity contribution >= 4 is 45.9 Å². The van der Waals surface area contributed by atoms with Gasteiger partial charge in [-0.3, -0.25) is 4.79 Å². The Hall–Kier alpha value is -1.34. The highest BCUT2D eigenvalue weighted by Crippen LogP contribution is 2.22. The summed E-state index contributed by atoms with van der Waals surface area (Å²) in [4.78, 5) is 19.3. The van der Waals surface area contributed by atoms with E-state index in [-0.39, 0.29) is 5.91 Å². The number of hydrogen-bond donors (Lipinski definition) is 1. The number of anilines is 1. The van der Waals surface area contributed by atoms with Crippen LogP contribution < -0.4 is 10.2 Å². The third kappa shape index (κ3) is 4.19. The van der Waals surface area contributed by atoms with E-state index >= 15 is 0 Å². The molecule has 0 bridgehead atoms. The highest BCUT2D eigenvalue weighted by Gasteiger charge is 2.16. The summed E-state index contributed by atoms with van der Waals surface area (Å²) in [7, 11) is 0. The molecule has 0 spiro atoms. The molecular weight excluding hydrogens is 437 g/mol. The fraction of sp³-hybridized carbons (Fsp3) is 0.333. The highest BCUT2D eigenvalue weighted by atomic mass is 127. The van der Waals surface area contributed by atoms with Crippen molar-refractivity contribution in [3.05, 3.63) is 56.2 Å². The number of aromatic nitrogens is 1. The first-order valence-corrected chi connectivity index (χ1v) is 9.53.